The first-order valence-electron chi connectivity index (χ1n) is 5.88. The molecule has 0 saturated carbocycles. The maximum Gasteiger partial charge on any atom is 0.336 e. The van der Waals surface area contributed by atoms with E-state index in [1.807, 2.05) is 30.5 Å². The molecule has 0 spiro atoms. The lowest BCUT2D eigenvalue weighted by atomic mass is 10.1. The van der Waals surface area contributed by atoms with E-state index in [0.717, 1.165) is 11.0 Å². The van der Waals surface area contributed by atoms with Crippen molar-refractivity contribution in [3.63, 3.8) is 0 Å². The molecule has 0 heterocycles. The van der Waals surface area contributed by atoms with Gasteiger partial charge in [0, 0.05) is 10.5 Å². The summed E-state index contributed by atoms with van der Waals surface area (Å²) in [5, 5.41) is 9.03. The molecule has 0 unspecified atom stereocenters. The molecule has 0 aliphatic heterocycles. The van der Waals surface area contributed by atoms with E-state index in [-0.39, 0.29) is 12.2 Å². The van der Waals surface area contributed by atoms with E-state index in [9.17, 15) is 9.18 Å². The highest BCUT2D eigenvalue weighted by Gasteiger charge is 2.11. The standard InChI is InChI=1S/C15H13FO3S/c1-20-13-6-4-12(5-7-13)19-9-10-2-3-11(16)8-14(10)15(17)18/h2-8H,9H2,1H3,(H,17,18). The molecule has 0 aliphatic rings. The summed E-state index contributed by atoms with van der Waals surface area (Å²) < 4.78 is 18.6. The minimum Gasteiger partial charge on any atom is -0.489 e. The zero-order valence-electron chi connectivity index (χ0n) is 10.8. The Morgan fingerprint density at radius 2 is 1.95 bits per heavy atom. The van der Waals surface area contributed by atoms with E-state index in [4.69, 9.17) is 9.84 Å². The molecule has 2 aromatic rings. The van der Waals surface area contributed by atoms with Crippen molar-refractivity contribution in [1.29, 1.82) is 0 Å². The molecule has 2 aromatic carbocycles. The van der Waals surface area contributed by atoms with Gasteiger partial charge in [-0.25, -0.2) is 9.18 Å². The minimum absolute atomic E-state index is 0.0780. The highest BCUT2D eigenvalue weighted by Crippen LogP contribution is 2.20. The number of aromatic carboxylic acids is 1. The fourth-order valence-corrected chi connectivity index (χ4v) is 2.11. The lowest BCUT2D eigenvalue weighted by molar-refractivity contribution is 0.0693. The van der Waals surface area contributed by atoms with Gasteiger partial charge in [-0.3, -0.25) is 0 Å². The van der Waals surface area contributed by atoms with Gasteiger partial charge in [0.2, 0.25) is 0 Å². The number of benzene rings is 2. The van der Waals surface area contributed by atoms with Crippen LogP contribution in [-0.2, 0) is 6.61 Å². The average Bonchev–Trinajstić information content (AvgIpc) is 2.46. The van der Waals surface area contributed by atoms with Crippen molar-refractivity contribution in [2.45, 2.75) is 11.5 Å². The number of hydrogen-bond donors (Lipinski definition) is 1. The van der Waals surface area contributed by atoms with Gasteiger partial charge in [-0.15, -0.1) is 11.8 Å². The predicted molar refractivity (Wildman–Crippen MR) is 75.9 cm³/mol. The number of carbonyl (C=O) groups is 1. The van der Waals surface area contributed by atoms with Crippen molar-refractivity contribution in [3.8, 4) is 5.75 Å². The van der Waals surface area contributed by atoms with Gasteiger partial charge >= 0.3 is 5.97 Å². The summed E-state index contributed by atoms with van der Waals surface area (Å²) in [6.45, 7) is 0.0839. The summed E-state index contributed by atoms with van der Waals surface area (Å²) in [7, 11) is 0. The van der Waals surface area contributed by atoms with Crippen molar-refractivity contribution < 1.29 is 19.0 Å². The first-order valence-corrected chi connectivity index (χ1v) is 7.11. The lowest BCUT2D eigenvalue weighted by Crippen LogP contribution is -2.06. The third kappa shape index (κ3) is 3.51. The monoisotopic (exact) mass is 292 g/mol. The smallest absolute Gasteiger partial charge is 0.336 e. The second-order valence-electron chi connectivity index (χ2n) is 4.07. The molecule has 0 fully saturated rings. The number of carboxylic acids is 1. The number of rotatable bonds is 5. The first kappa shape index (κ1) is 14.4. The van der Waals surface area contributed by atoms with E-state index in [1.165, 1.54) is 12.1 Å². The second-order valence-corrected chi connectivity index (χ2v) is 4.95. The quantitative estimate of drug-likeness (QED) is 0.851. The van der Waals surface area contributed by atoms with Gasteiger partial charge in [0.15, 0.2) is 0 Å². The number of thioether (sulfide) groups is 1. The fourth-order valence-electron chi connectivity index (χ4n) is 1.71. The van der Waals surface area contributed by atoms with Crippen LogP contribution in [0, 0.1) is 5.82 Å². The first-order chi connectivity index (χ1) is 9.60. The minimum atomic E-state index is -1.17. The topological polar surface area (TPSA) is 46.5 Å². The van der Waals surface area contributed by atoms with Crippen molar-refractivity contribution in [2.75, 3.05) is 6.26 Å². The third-order valence-corrected chi connectivity index (χ3v) is 3.50. The zero-order valence-corrected chi connectivity index (χ0v) is 11.6. The molecule has 0 aromatic heterocycles. The van der Waals surface area contributed by atoms with Crippen molar-refractivity contribution in [2.24, 2.45) is 0 Å². The summed E-state index contributed by atoms with van der Waals surface area (Å²) in [6.07, 6.45) is 1.98. The van der Waals surface area contributed by atoms with Crippen LogP contribution >= 0.6 is 11.8 Å². The van der Waals surface area contributed by atoms with Crippen LogP contribution in [0.1, 0.15) is 15.9 Å². The molecule has 2 rings (SSSR count). The molecule has 0 radical (unpaired) electrons. The van der Waals surface area contributed by atoms with Gasteiger partial charge < -0.3 is 9.84 Å². The Morgan fingerprint density at radius 1 is 1.25 bits per heavy atom. The molecular formula is C15H13FO3S. The van der Waals surface area contributed by atoms with Gasteiger partial charge in [-0.2, -0.15) is 0 Å². The Hall–Kier alpha value is -2.01. The Bertz CT molecular complexity index is 611. The molecular weight excluding hydrogens is 279 g/mol. The van der Waals surface area contributed by atoms with E-state index < -0.39 is 11.8 Å². The van der Waals surface area contributed by atoms with Crippen molar-refractivity contribution >= 4 is 17.7 Å². The number of carboxylic acid groups (broad SMARTS) is 1. The van der Waals surface area contributed by atoms with Crippen LogP contribution in [0.5, 0.6) is 5.75 Å². The van der Waals surface area contributed by atoms with E-state index in [2.05, 4.69) is 0 Å². The summed E-state index contributed by atoms with van der Waals surface area (Å²) in [5.41, 5.74) is 0.360. The molecule has 0 atom stereocenters. The normalized spacial score (nSPS) is 10.3. The Morgan fingerprint density at radius 3 is 2.55 bits per heavy atom. The molecule has 104 valence electrons. The predicted octanol–water partition coefficient (Wildman–Crippen LogP) is 3.82. The van der Waals surface area contributed by atoms with Gasteiger partial charge in [-0.05, 0) is 42.7 Å². The van der Waals surface area contributed by atoms with Crippen LogP contribution in [0.25, 0.3) is 0 Å². The van der Waals surface area contributed by atoms with Crippen LogP contribution in [0.2, 0.25) is 0 Å². The van der Waals surface area contributed by atoms with Crippen molar-refractivity contribution in [1.82, 2.24) is 0 Å². The zero-order chi connectivity index (χ0) is 14.5. The summed E-state index contributed by atoms with van der Waals surface area (Å²) in [4.78, 5) is 12.2. The van der Waals surface area contributed by atoms with E-state index in [0.29, 0.717) is 11.3 Å². The average molecular weight is 292 g/mol. The Kier molecular flexibility index (Phi) is 4.63. The van der Waals surface area contributed by atoms with Crippen LogP contribution in [0.3, 0.4) is 0 Å². The largest absolute Gasteiger partial charge is 0.489 e. The molecule has 3 nitrogen and oxygen atoms in total. The van der Waals surface area contributed by atoms with Crippen molar-refractivity contribution in [3.05, 3.63) is 59.4 Å². The number of ether oxygens (including phenoxy) is 1. The number of halogens is 1. The summed E-state index contributed by atoms with van der Waals surface area (Å²) in [5.74, 6) is -1.10. The van der Waals surface area contributed by atoms with Gasteiger partial charge in [-0.1, -0.05) is 6.07 Å². The van der Waals surface area contributed by atoms with Crippen LogP contribution in [0.15, 0.2) is 47.4 Å². The van der Waals surface area contributed by atoms with Gasteiger partial charge in [0.25, 0.3) is 0 Å². The lowest BCUT2D eigenvalue weighted by Gasteiger charge is -2.09. The molecule has 0 saturated heterocycles. The molecule has 0 aliphatic carbocycles. The van der Waals surface area contributed by atoms with Gasteiger partial charge in [0.1, 0.15) is 18.2 Å². The highest BCUT2D eigenvalue weighted by molar-refractivity contribution is 7.98. The van der Waals surface area contributed by atoms with E-state index in [1.54, 1.807) is 11.8 Å². The molecule has 20 heavy (non-hydrogen) atoms. The molecule has 5 heteroatoms. The SMILES string of the molecule is CSc1ccc(OCc2ccc(F)cc2C(=O)O)cc1. The van der Waals surface area contributed by atoms with Crippen LogP contribution in [0.4, 0.5) is 4.39 Å². The van der Waals surface area contributed by atoms with Crippen LogP contribution < -0.4 is 4.74 Å². The second kappa shape index (κ2) is 6.43. The molecule has 1 N–H and O–H groups in total. The third-order valence-electron chi connectivity index (χ3n) is 2.76. The molecule has 0 amide bonds. The Labute approximate surface area is 120 Å². The Balaban J connectivity index is 2.12. The van der Waals surface area contributed by atoms with E-state index >= 15 is 0 Å². The fraction of sp³-hybridized carbons (Fsp3) is 0.133. The van der Waals surface area contributed by atoms with Crippen LogP contribution in [-0.4, -0.2) is 17.3 Å². The summed E-state index contributed by atoms with van der Waals surface area (Å²) in [6, 6.07) is 11.1. The van der Waals surface area contributed by atoms with Gasteiger partial charge in [0.05, 0.1) is 5.56 Å². The molecule has 0 bridgehead atoms. The maximum atomic E-state index is 13.0. The maximum absolute atomic E-state index is 13.0. The summed E-state index contributed by atoms with van der Waals surface area (Å²) >= 11 is 1.62. The number of hydrogen-bond acceptors (Lipinski definition) is 3. The highest BCUT2D eigenvalue weighted by atomic mass is 32.2.